The molecular weight excluding hydrogens is 248 g/mol. The van der Waals surface area contributed by atoms with Gasteiger partial charge in [0.1, 0.15) is 5.54 Å². The topological polar surface area (TPSA) is 56.0 Å². The Balaban J connectivity index is 2.35. The fourth-order valence-electron chi connectivity index (χ4n) is 1.97. The van der Waals surface area contributed by atoms with E-state index >= 15 is 0 Å². The van der Waals surface area contributed by atoms with Crippen LogP contribution in [0.15, 0.2) is 54.6 Å². The molecule has 0 radical (unpaired) electrons. The maximum Gasteiger partial charge on any atom is 0.148 e. The van der Waals surface area contributed by atoms with E-state index in [1.165, 1.54) is 0 Å². The van der Waals surface area contributed by atoms with Crippen LogP contribution in [0.1, 0.15) is 11.1 Å². The highest BCUT2D eigenvalue weighted by atomic mass is 16.3. The number of anilines is 1. The average Bonchev–Trinajstić information content (AvgIpc) is 2.54. The van der Waals surface area contributed by atoms with Gasteiger partial charge in [0.15, 0.2) is 0 Å². The Morgan fingerprint density at radius 2 is 1.75 bits per heavy atom. The van der Waals surface area contributed by atoms with E-state index in [2.05, 4.69) is 17.3 Å². The number of nitrogens with zero attached hydrogens (tertiary/aromatic N) is 1. The van der Waals surface area contributed by atoms with Crippen LogP contribution in [0.4, 0.5) is 5.69 Å². The smallest absolute Gasteiger partial charge is 0.148 e. The molecule has 0 aromatic heterocycles. The minimum Gasteiger partial charge on any atom is -0.393 e. The van der Waals surface area contributed by atoms with Gasteiger partial charge >= 0.3 is 0 Å². The number of benzene rings is 2. The minimum atomic E-state index is -0.977. The summed E-state index contributed by atoms with van der Waals surface area (Å²) in [6, 6.07) is 18.4. The Hall–Kier alpha value is -2.75. The summed E-state index contributed by atoms with van der Waals surface area (Å²) in [5.41, 5.74) is 1.16. The van der Waals surface area contributed by atoms with Crippen LogP contribution >= 0.6 is 0 Å². The molecule has 0 heterocycles. The van der Waals surface area contributed by atoms with Crippen molar-refractivity contribution >= 4 is 5.69 Å². The molecular formula is C17H14N2O. The molecule has 98 valence electrons. The lowest BCUT2D eigenvalue weighted by molar-refractivity contribution is 0.246. The molecule has 2 N–H and O–H groups in total. The molecule has 0 aliphatic carbocycles. The number of nitriles is 1. The van der Waals surface area contributed by atoms with Gasteiger partial charge in [-0.3, -0.25) is 0 Å². The van der Waals surface area contributed by atoms with Crippen LogP contribution in [-0.4, -0.2) is 11.7 Å². The van der Waals surface area contributed by atoms with Gasteiger partial charge in [0.05, 0.1) is 18.2 Å². The first kappa shape index (κ1) is 13.7. The van der Waals surface area contributed by atoms with Crippen molar-refractivity contribution in [2.45, 2.75) is 5.54 Å². The molecule has 2 rings (SSSR count). The predicted octanol–water partition coefficient (Wildman–Crippen LogP) is 2.49. The van der Waals surface area contributed by atoms with Gasteiger partial charge in [-0.05, 0) is 29.8 Å². The second-order valence-corrected chi connectivity index (χ2v) is 4.39. The summed E-state index contributed by atoms with van der Waals surface area (Å²) >= 11 is 0. The molecule has 0 bridgehead atoms. The van der Waals surface area contributed by atoms with Crippen molar-refractivity contribution in [3.8, 4) is 18.4 Å². The second kappa shape index (κ2) is 5.93. The molecule has 0 spiro atoms. The van der Waals surface area contributed by atoms with Gasteiger partial charge < -0.3 is 10.4 Å². The number of hydrogen-bond donors (Lipinski definition) is 2. The van der Waals surface area contributed by atoms with Crippen molar-refractivity contribution in [2.24, 2.45) is 0 Å². The Labute approximate surface area is 118 Å². The molecule has 1 atom stereocenters. The number of rotatable bonds is 4. The Morgan fingerprint density at radius 1 is 1.10 bits per heavy atom. The standard InChI is InChI=1S/C17H14N2O/c1-2-17(13-20,15-6-4-3-5-7-15)19-16-10-8-14(12-18)9-11-16/h1,3-11,19-20H,13H2/t17-/m0/s1. The van der Waals surface area contributed by atoms with Crippen LogP contribution in [0.3, 0.4) is 0 Å². The highest BCUT2D eigenvalue weighted by Gasteiger charge is 2.28. The van der Waals surface area contributed by atoms with Gasteiger partial charge in [-0.25, -0.2) is 0 Å². The molecule has 0 unspecified atom stereocenters. The number of aliphatic hydroxyl groups excluding tert-OH is 1. The lowest BCUT2D eigenvalue weighted by Crippen LogP contribution is -2.37. The fourth-order valence-corrected chi connectivity index (χ4v) is 1.97. The maximum absolute atomic E-state index is 9.73. The van der Waals surface area contributed by atoms with Gasteiger partial charge in [0.2, 0.25) is 0 Å². The van der Waals surface area contributed by atoms with Gasteiger partial charge in [-0.15, -0.1) is 6.42 Å². The number of terminal acetylenes is 1. The van der Waals surface area contributed by atoms with E-state index < -0.39 is 5.54 Å². The third-order valence-corrected chi connectivity index (χ3v) is 3.12. The zero-order valence-corrected chi connectivity index (χ0v) is 10.9. The first-order valence-corrected chi connectivity index (χ1v) is 6.16. The number of aliphatic hydroxyl groups is 1. The zero-order chi connectivity index (χ0) is 14.4. The van der Waals surface area contributed by atoms with E-state index in [1.807, 2.05) is 30.3 Å². The first-order valence-electron chi connectivity index (χ1n) is 6.16. The summed E-state index contributed by atoms with van der Waals surface area (Å²) in [5.74, 6) is 2.63. The van der Waals surface area contributed by atoms with E-state index in [4.69, 9.17) is 11.7 Å². The van der Waals surface area contributed by atoms with Crippen molar-refractivity contribution in [3.05, 3.63) is 65.7 Å². The molecule has 0 saturated heterocycles. The summed E-state index contributed by atoms with van der Waals surface area (Å²) in [5, 5.41) is 21.7. The van der Waals surface area contributed by atoms with Crippen molar-refractivity contribution in [3.63, 3.8) is 0 Å². The van der Waals surface area contributed by atoms with Crippen LogP contribution in [0.25, 0.3) is 0 Å². The monoisotopic (exact) mass is 262 g/mol. The second-order valence-electron chi connectivity index (χ2n) is 4.39. The molecule has 3 nitrogen and oxygen atoms in total. The fraction of sp³-hybridized carbons (Fsp3) is 0.118. The van der Waals surface area contributed by atoms with Crippen molar-refractivity contribution in [2.75, 3.05) is 11.9 Å². The van der Waals surface area contributed by atoms with Gasteiger partial charge in [0.25, 0.3) is 0 Å². The molecule has 0 amide bonds. The summed E-state index contributed by atoms with van der Waals surface area (Å²) in [7, 11) is 0. The van der Waals surface area contributed by atoms with Gasteiger partial charge in [0, 0.05) is 5.69 Å². The number of hydrogen-bond acceptors (Lipinski definition) is 3. The maximum atomic E-state index is 9.73. The van der Waals surface area contributed by atoms with Gasteiger partial charge in [-0.1, -0.05) is 36.3 Å². The zero-order valence-electron chi connectivity index (χ0n) is 10.9. The average molecular weight is 262 g/mol. The third-order valence-electron chi connectivity index (χ3n) is 3.12. The summed E-state index contributed by atoms with van der Waals surface area (Å²) < 4.78 is 0. The molecule has 20 heavy (non-hydrogen) atoms. The van der Waals surface area contributed by atoms with Crippen LogP contribution in [0, 0.1) is 23.7 Å². The normalized spacial score (nSPS) is 12.8. The van der Waals surface area contributed by atoms with E-state index in [0.29, 0.717) is 5.56 Å². The Bertz CT molecular complexity index is 650. The molecule has 0 aliphatic rings. The minimum absolute atomic E-state index is 0.229. The van der Waals surface area contributed by atoms with E-state index in [1.54, 1.807) is 24.3 Å². The molecule has 0 aliphatic heterocycles. The lowest BCUT2D eigenvalue weighted by Gasteiger charge is -2.29. The highest BCUT2D eigenvalue weighted by Crippen LogP contribution is 2.25. The largest absolute Gasteiger partial charge is 0.393 e. The summed E-state index contributed by atoms with van der Waals surface area (Å²) in [4.78, 5) is 0. The summed E-state index contributed by atoms with van der Waals surface area (Å²) in [6.07, 6.45) is 5.63. The predicted molar refractivity (Wildman–Crippen MR) is 78.8 cm³/mol. The van der Waals surface area contributed by atoms with Crippen LogP contribution in [0.2, 0.25) is 0 Å². The molecule has 0 fully saturated rings. The van der Waals surface area contributed by atoms with Gasteiger partial charge in [-0.2, -0.15) is 5.26 Å². The quantitative estimate of drug-likeness (QED) is 0.832. The lowest BCUT2D eigenvalue weighted by atomic mass is 9.91. The summed E-state index contributed by atoms with van der Waals surface area (Å²) in [6.45, 7) is -0.229. The molecule has 0 saturated carbocycles. The van der Waals surface area contributed by atoms with Crippen molar-refractivity contribution in [1.29, 1.82) is 5.26 Å². The van der Waals surface area contributed by atoms with Crippen LogP contribution in [0.5, 0.6) is 0 Å². The van der Waals surface area contributed by atoms with E-state index in [-0.39, 0.29) is 6.61 Å². The Kier molecular flexibility index (Phi) is 4.05. The van der Waals surface area contributed by atoms with Crippen molar-refractivity contribution < 1.29 is 5.11 Å². The Morgan fingerprint density at radius 3 is 2.25 bits per heavy atom. The third kappa shape index (κ3) is 2.64. The van der Waals surface area contributed by atoms with Crippen LogP contribution < -0.4 is 5.32 Å². The van der Waals surface area contributed by atoms with E-state index in [0.717, 1.165) is 11.3 Å². The molecule has 2 aromatic rings. The first-order chi connectivity index (χ1) is 9.74. The van der Waals surface area contributed by atoms with Crippen LogP contribution in [-0.2, 0) is 5.54 Å². The molecule has 2 aromatic carbocycles. The highest BCUT2D eigenvalue weighted by molar-refractivity contribution is 5.53. The van der Waals surface area contributed by atoms with E-state index in [9.17, 15) is 5.11 Å². The SMILES string of the molecule is C#C[C@@](CO)(Nc1ccc(C#N)cc1)c1ccccc1. The molecule has 3 heteroatoms. The van der Waals surface area contributed by atoms with Crippen molar-refractivity contribution in [1.82, 2.24) is 0 Å². The number of nitrogens with one attached hydrogen (secondary N) is 1.